The molecule has 0 bridgehead atoms. The first-order valence-electron chi connectivity index (χ1n) is 5.63. The van der Waals surface area contributed by atoms with Crippen LogP contribution >= 0.6 is 12.6 Å². The molecule has 19 heavy (non-hydrogen) atoms. The topological polar surface area (TPSA) is 114 Å². The van der Waals surface area contributed by atoms with Crippen LogP contribution in [-0.4, -0.2) is 60.0 Å². The highest BCUT2D eigenvalue weighted by Crippen LogP contribution is 2.31. The van der Waals surface area contributed by atoms with E-state index in [1.807, 2.05) is 0 Å². The van der Waals surface area contributed by atoms with E-state index in [2.05, 4.69) is 27.7 Å². The van der Waals surface area contributed by atoms with E-state index in [0.29, 0.717) is 16.1 Å². The summed E-state index contributed by atoms with van der Waals surface area (Å²) in [4.78, 5) is 7.98. The zero-order chi connectivity index (χ0) is 13.6. The summed E-state index contributed by atoms with van der Waals surface area (Å²) in [6.07, 6.45) is -1.30. The molecule has 1 aliphatic rings. The van der Waals surface area contributed by atoms with Crippen molar-refractivity contribution in [1.82, 2.24) is 19.7 Å². The molecule has 2 aromatic heterocycles. The van der Waals surface area contributed by atoms with Gasteiger partial charge in [0.15, 0.2) is 11.9 Å². The second-order valence-corrected chi connectivity index (χ2v) is 4.68. The van der Waals surface area contributed by atoms with Gasteiger partial charge in [-0.2, -0.15) is 5.10 Å². The Kier molecular flexibility index (Phi) is 3.15. The predicted octanol–water partition coefficient (Wildman–Crippen LogP) is -1.27. The van der Waals surface area contributed by atoms with Crippen LogP contribution in [0.3, 0.4) is 0 Å². The lowest BCUT2D eigenvalue weighted by Crippen LogP contribution is -2.33. The van der Waals surface area contributed by atoms with Crippen molar-refractivity contribution in [2.45, 2.75) is 29.6 Å². The van der Waals surface area contributed by atoms with E-state index in [9.17, 15) is 10.2 Å². The van der Waals surface area contributed by atoms with Crippen molar-refractivity contribution < 1.29 is 20.1 Å². The van der Waals surface area contributed by atoms with Gasteiger partial charge in [0.2, 0.25) is 0 Å². The van der Waals surface area contributed by atoms with Gasteiger partial charge in [-0.15, -0.1) is 12.6 Å². The first-order valence-corrected chi connectivity index (χ1v) is 6.08. The number of rotatable bonds is 2. The van der Waals surface area contributed by atoms with Crippen molar-refractivity contribution >= 4 is 23.7 Å². The molecule has 9 heteroatoms. The summed E-state index contributed by atoms with van der Waals surface area (Å²) >= 11 is 4.19. The molecule has 0 saturated carbocycles. The lowest BCUT2D eigenvalue weighted by molar-refractivity contribution is -0.0566. The molecule has 3 rings (SSSR count). The molecule has 0 aromatic carbocycles. The van der Waals surface area contributed by atoms with E-state index in [0.717, 1.165) is 0 Å². The van der Waals surface area contributed by atoms with Gasteiger partial charge < -0.3 is 20.1 Å². The minimum Gasteiger partial charge on any atom is -0.394 e. The van der Waals surface area contributed by atoms with Crippen LogP contribution in [0.15, 0.2) is 17.6 Å². The van der Waals surface area contributed by atoms with Crippen LogP contribution < -0.4 is 0 Å². The highest BCUT2D eigenvalue weighted by Gasteiger charge is 2.44. The second kappa shape index (κ2) is 4.69. The summed E-state index contributed by atoms with van der Waals surface area (Å²) in [5.74, 6) is 0. The fraction of sp³-hybridized carbons (Fsp3) is 0.500. The molecule has 0 spiro atoms. The summed E-state index contributed by atoms with van der Waals surface area (Å²) in [6, 6.07) is 0. The average molecular weight is 284 g/mol. The quantitative estimate of drug-likeness (QED) is 0.401. The smallest absolute Gasteiger partial charge is 0.181 e. The Balaban J connectivity index is 2.04. The minimum absolute atomic E-state index is 0.388. The van der Waals surface area contributed by atoms with Gasteiger partial charge in [-0.3, -0.25) is 0 Å². The van der Waals surface area contributed by atoms with E-state index >= 15 is 0 Å². The Morgan fingerprint density at radius 3 is 2.79 bits per heavy atom. The maximum atomic E-state index is 9.95. The van der Waals surface area contributed by atoms with Crippen LogP contribution in [-0.2, 0) is 4.74 Å². The molecule has 1 fully saturated rings. The van der Waals surface area contributed by atoms with E-state index in [-0.39, 0.29) is 6.61 Å². The van der Waals surface area contributed by atoms with Crippen molar-refractivity contribution in [3.8, 4) is 0 Å². The van der Waals surface area contributed by atoms with Crippen molar-refractivity contribution in [3.63, 3.8) is 0 Å². The van der Waals surface area contributed by atoms with Crippen LogP contribution in [0.5, 0.6) is 0 Å². The fourth-order valence-corrected chi connectivity index (χ4v) is 2.33. The Bertz CT molecular complexity index is 606. The largest absolute Gasteiger partial charge is 0.394 e. The molecule has 8 nitrogen and oxygen atoms in total. The van der Waals surface area contributed by atoms with Crippen LogP contribution in [0.2, 0.25) is 0 Å². The lowest BCUT2D eigenvalue weighted by atomic mass is 10.1. The van der Waals surface area contributed by atoms with Crippen LogP contribution in [0.1, 0.15) is 6.23 Å². The standard InChI is InChI=1S/C10H12N4O4S/c15-2-5-6(16)7(17)10(18-5)14-8-4(1-13-14)9(19)12-3-11-8/h1,3,5-7,10,15-17H,2H2,(H,11,12,19)/t5-,6?,7+,10-/m0/s1. The molecule has 102 valence electrons. The monoisotopic (exact) mass is 284 g/mol. The zero-order valence-electron chi connectivity index (χ0n) is 9.66. The van der Waals surface area contributed by atoms with Crippen LogP contribution in [0.25, 0.3) is 11.0 Å². The third-order valence-electron chi connectivity index (χ3n) is 3.13. The number of nitrogens with zero attached hydrogens (tertiary/aromatic N) is 4. The number of thiol groups is 1. The molecule has 4 atom stereocenters. The zero-order valence-corrected chi connectivity index (χ0v) is 10.6. The third-order valence-corrected chi connectivity index (χ3v) is 3.48. The highest BCUT2D eigenvalue weighted by atomic mass is 32.1. The molecule has 3 N–H and O–H groups in total. The number of fused-ring (bicyclic) bond motifs is 1. The Hall–Kier alpha value is -1.26. The minimum atomic E-state index is -1.20. The van der Waals surface area contributed by atoms with Gasteiger partial charge in [0.05, 0.1) is 18.2 Å². The molecule has 3 heterocycles. The first kappa shape index (κ1) is 12.8. The highest BCUT2D eigenvalue weighted by molar-refractivity contribution is 7.80. The molecule has 2 aromatic rings. The van der Waals surface area contributed by atoms with E-state index in [1.54, 1.807) is 0 Å². The van der Waals surface area contributed by atoms with Crippen molar-refractivity contribution in [2.24, 2.45) is 0 Å². The maximum absolute atomic E-state index is 9.95. The van der Waals surface area contributed by atoms with Gasteiger partial charge in [-0.1, -0.05) is 0 Å². The molecule has 0 amide bonds. The number of ether oxygens (including phenoxy) is 1. The van der Waals surface area contributed by atoms with Gasteiger partial charge >= 0.3 is 0 Å². The fourth-order valence-electron chi connectivity index (χ4n) is 2.12. The molecule has 1 unspecified atom stereocenters. The van der Waals surface area contributed by atoms with E-state index in [1.165, 1.54) is 17.2 Å². The normalized spacial score (nSPS) is 31.2. The molecule has 0 aliphatic carbocycles. The molecule has 0 radical (unpaired) electrons. The van der Waals surface area contributed by atoms with Gasteiger partial charge in [-0.25, -0.2) is 14.6 Å². The number of aliphatic hydroxyl groups excluding tert-OH is 3. The first-order chi connectivity index (χ1) is 9.13. The van der Waals surface area contributed by atoms with Crippen LogP contribution in [0, 0.1) is 0 Å². The summed E-state index contributed by atoms with van der Waals surface area (Å²) in [6.45, 7) is -0.388. The van der Waals surface area contributed by atoms with Gasteiger partial charge in [-0.05, 0) is 0 Å². The summed E-state index contributed by atoms with van der Waals surface area (Å²) in [7, 11) is 0. The Labute approximate surface area is 113 Å². The third kappa shape index (κ3) is 1.90. The average Bonchev–Trinajstić information content (AvgIpc) is 2.94. The maximum Gasteiger partial charge on any atom is 0.181 e. The van der Waals surface area contributed by atoms with Crippen molar-refractivity contribution in [2.75, 3.05) is 6.61 Å². The van der Waals surface area contributed by atoms with E-state index in [4.69, 9.17) is 9.84 Å². The Morgan fingerprint density at radius 1 is 1.32 bits per heavy atom. The van der Waals surface area contributed by atoms with E-state index < -0.39 is 24.5 Å². The summed E-state index contributed by atoms with van der Waals surface area (Å²) < 4.78 is 6.74. The van der Waals surface area contributed by atoms with Gasteiger partial charge in [0, 0.05) is 0 Å². The molecule has 1 aliphatic heterocycles. The number of aromatic nitrogens is 4. The molecular weight excluding hydrogens is 272 g/mol. The van der Waals surface area contributed by atoms with Gasteiger partial charge in [0.1, 0.15) is 29.7 Å². The summed E-state index contributed by atoms with van der Waals surface area (Å²) in [5.41, 5.74) is 0.440. The SMILES string of the molecule is OC[C@@H]1O[C@H](n2ncc3c(S)ncnc32)[C@H](O)C1O. The van der Waals surface area contributed by atoms with Gasteiger partial charge in [0.25, 0.3) is 0 Å². The second-order valence-electron chi connectivity index (χ2n) is 4.25. The molecule has 1 saturated heterocycles. The lowest BCUT2D eigenvalue weighted by Gasteiger charge is -2.15. The number of hydrogen-bond acceptors (Lipinski definition) is 8. The number of hydrogen-bond donors (Lipinski definition) is 4. The predicted molar refractivity (Wildman–Crippen MR) is 65.6 cm³/mol. The van der Waals surface area contributed by atoms with Crippen molar-refractivity contribution in [3.05, 3.63) is 12.5 Å². The summed E-state index contributed by atoms with van der Waals surface area (Å²) in [5, 5.41) is 33.9. The Morgan fingerprint density at radius 2 is 2.11 bits per heavy atom. The van der Waals surface area contributed by atoms with Crippen molar-refractivity contribution in [1.29, 1.82) is 0 Å². The van der Waals surface area contributed by atoms with Crippen LogP contribution in [0.4, 0.5) is 0 Å². The number of aliphatic hydroxyl groups is 3. The molecular formula is C10H12N4O4S.